The van der Waals surface area contributed by atoms with Crippen LogP contribution in [0.15, 0.2) is 0 Å². The Morgan fingerprint density at radius 2 is 1.80 bits per heavy atom. The number of nitrogens with two attached hydrogens (primary N) is 1. The van der Waals surface area contributed by atoms with Crippen LogP contribution in [0.4, 0.5) is 0 Å². The minimum Gasteiger partial charge on any atom is -0.479 e. The van der Waals surface area contributed by atoms with Crippen molar-refractivity contribution in [2.24, 2.45) is 5.73 Å². The molecule has 0 amide bonds. The van der Waals surface area contributed by atoms with Crippen molar-refractivity contribution in [3.8, 4) is 0 Å². The molecule has 0 spiro atoms. The quantitative estimate of drug-likeness (QED) is 0.367. The van der Waals surface area contributed by atoms with Gasteiger partial charge in [-0.3, -0.25) is 0 Å². The molecule has 0 aromatic carbocycles. The van der Waals surface area contributed by atoms with Gasteiger partial charge in [-0.05, 0) is 13.8 Å². The molecule has 0 heterocycles. The highest BCUT2D eigenvalue weighted by atomic mass is 32.1. The maximum atomic E-state index is 10.4. The number of carbonyl (C=O) groups is 1. The molecule has 3 N–H and O–H groups in total. The summed E-state index contributed by atoms with van der Waals surface area (Å²) in [5.74, 6) is -1.17. The van der Waals surface area contributed by atoms with Gasteiger partial charge >= 0.3 is 5.97 Å². The van der Waals surface area contributed by atoms with Gasteiger partial charge in [0, 0.05) is 4.75 Å². The van der Waals surface area contributed by atoms with Gasteiger partial charge in [0.15, 0.2) is 4.87 Å². The zero-order valence-corrected chi connectivity index (χ0v) is 7.62. The van der Waals surface area contributed by atoms with Crippen LogP contribution in [0.3, 0.4) is 0 Å². The molecule has 0 aromatic rings. The number of aliphatic carboxylic acids is 1. The fourth-order valence-corrected chi connectivity index (χ4v) is 0.357. The molecule has 0 aromatic heterocycles. The van der Waals surface area contributed by atoms with Gasteiger partial charge in [-0.15, -0.1) is 12.6 Å². The molecule has 0 bridgehead atoms. The van der Waals surface area contributed by atoms with Crippen molar-refractivity contribution in [3.05, 3.63) is 0 Å². The normalized spacial score (nSPS) is 18.1. The largest absolute Gasteiger partial charge is 0.479 e. The lowest BCUT2D eigenvalue weighted by Gasteiger charge is -2.31. The Morgan fingerprint density at radius 3 is 1.80 bits per heavy atom. The number of carboxylic acid groups (broad SMARTS) is 1. The second kappa shape index (κ2) is 2.64. The third-order valence-electron chi connectivity index (χ3n) is 1.26. The minimum atomic E-state index is -1.59. The van der Waals surface area contributed by atoms with Crippen LogP contribution in [0.2, 0.25) is 0 Å². The van der Waals surface area contributed by atoms with E-state index >= 15 is 0 Å². The zero-order chi connectivity index (χ0) is 8.58. The summed E-state index contributed by atoms with van der Waals surface area (Å²) in [6, 6.07) is 0. The van der Waals surface area contributed by atoms with E-state index in [0.717, 1.165) is 0 Å². The fraction of sp³-hybridized carbons (Fsp3) is 0.800. The molecule has 1 atom stereocenters. The molecule has 0 radical (unpaired) electrons. The zero-order valence-electron chi connectivity index (χ0n) is 5.83. The summed E-state index contributed by atoms with van der Waals surface area (Å²) in [6.45, 7) is 3.19. The second-order valence-electron chi connectivity index (χ2n) is 2.63. The van der Waals surface area contributed by atoms with Crippen molar-refractivity contribution in [2.45, 2.75) is 23.5 Å². The van der Waals surface area contributed by atoms with E-state index in [1.54, 1.807) is 13.8 Å². The lowest BCUT2D eigenvalue weighted by atomic mass is 10.0. The summed E-state index contributed by atoms with van der Waals surface area (Å²) in [5.41, 5.74) is 5.32. The first-order valence-corrected chi connectivity index (χ1v) is 3.56. The number of rotatable bonds is 2. The van der Waals surface area contributed by atoms with Gasteiger partial charge in [0.05, 0.1) is 0 Å². The molecule has 0 aliphatic rings. The first kappa shape index (κ1) is 10.1. The maximum Gasteiger partial charge on any atom is 0.335 e. The molecular formula is C5H11NO2S2. The standard InChI is InChI=1S/C5H11NO2S2/c1-4(2,9)5(6,10)3(7)8/h9-10H,6H2,1-2H3,(H,7,8). The van der Waals surface area contributed by atoms with Crippen LogP contribution in [0, 0.1) is 0 Å². The van der Waals surface area contributed by atoms with Gasteiger partial charge in [0.25, 0.3) is 0 Å². The molecule has 0 saturated heterocycles. The predicted molar refractivity (Wildman–Crippen MR) is 46.6 cm³/mol. The predicted octanol–water partition coefficient (Wildman–Crippen LogP) is 0.364. The van der Waals surface area contributed by atoms with E-state index in [1.807, 2.05) is 0 Å². The van der Waals surface area contributed by atoms with E-state index in [-0.39, 0.29) is 0 Å². The summed E-state index contributed by atoms with van der Waals surface area (Å²) in [5, 5.41) is 8.53. The Hall–Kier alpha value is 0.130. The highest BCUT2D eigenvalue weighted by Gasteiger charge is 2.42. The number of hydrogen-bond donors (Lipinski definition) is 4. The van der Waals surface area contributed by atoms with Gasteiger partial charge in [-0.2, -0.15) is 12.6 Å². The van der Waals surface area contributed by atoms with Gasteiger partial charge in [-0.25, -0.2) is 4.79 Å². The van der Waals surface area contributed by atoms with E-state index in [2.05, 4.69) is 25.3 Å². The van der Waals surface area contributed by atoms with Gasteiger partial charge < -0.3 is 10.8 Å². The first-order chi connectivity index (χ1) is 4.19. The van der Waals surface area contributed by atoms with E-state index in [0.29, 0.717) is 0 Å². The highest BCUT2D eigenvalue weighted by Crippen LogP contribution is 2.29. The lowest BCUT2D eigenvalue weighted by molar-refractivity contribution is -0.140. The van der Waals surface area contributed by atoms with Crippen LogP contribution in [-0.2, 0) is 4.79 Å². The summed E-state index contributed by atoms with van der Waals surface area (Å²) in [7, 11) is 0. The van der Waals surface area contributed by atoms with Gasteiger partial charge in [0.2, 0.25) is 0 Å². The first-order valence-electron chi connectivity index (χ1n) is 2.66. The van der Waals surface area contributed by atoms with Crippen LogP contribution >= 0.6 is 25.3 Å². The second-order valence-corrected chi connectivity index (χ2v) is 4.45. The Bertz CT molecular complexity index is 150. The molecule has 5 heteroatoms. The van der Waals surface area contributed by atoms with E-state index in [1.165, 1.54) is 0 Å². The SMILES string of the molecule is CC(C)(S)C(N)(S)C(=O)O. The topological polar surface area (TPSA) is 63.3 Å². The minimum absolute atomic E-state index is 0.845. The average molecular weight is 181 g/mol. The molecule has 0 rings (SSSR count). The summed E-state index contributed by atoms with van der Waals surface area (Å²) >= 11 is 7.76. The third kappa shape index (κ3) is 1.81. The van der Waals surface area contributed by atoms with E-state index in [4.69, 9.17) is 10.8 Å². The van der Waals surface area contributed by atoms with Crippen molar-refractivity contribution in [2.75, 3.05) is 0 Å². The molecule has 1 unspecified atom stereocenters. The van der Waals surface area contributed by atoms with Crippen molar-refractivity contribution in [1.82, 2.24) is 0 Å². The van der Waals surface area contributed by atoms with Crippen molar-refractivity contribution in [3.63, 3.8) is 0 Å². The summed E-state index contributed by atoms with van der Waals surface area (Å²) < 4.78 is -0.845. The fourth-order valence-electron chi connectivity index (χ4n) is 0.262. The van der Waals surface area contributed by atoms with Gasteiger partial charge in [-0.1, -0.05) is 0 Å². The van der Waals surface area contributed by atoms with Crippen molar-refractivity contribution in [1.29, 1.82) is 0 Å². The lowest BCUT2D eigenvalue weighted by Crippen LogP contribution is -2.55. The molecule has 3 nitrogen and oxygen atoms in total. The van der Waals surface area contributed by atoms with Crippen LogP contribution in [-0.4, -0.2) is 20.7 Å². The molecule has 0 saturated carbocycles. The van der Waals surface area contributed by atoms with Crippen molar-refractivity contribution < 1.29 is 9.90 Å². The Balaban J connectivity index is 4.57. The van der Waals surface area contributed by atoms with Crippen LogP contribution in [0.25, 0.3) is 0 Å². The molecular weight excluding hydrogens is 170 g/mol. The molecule has 0 fully saturated rings. The third-order valence-corrected chi connectivity index (χ3v) is 2.54. The Morgan fingerprint density at radius 1 is 1.50 bits per heavy atom. The summed E-state index contributed by atoms with van der Waals surface area (Å²) in [6.07, 6.45) is 0. The Kier molecular flexibility index (Phi) is 2.67. The van der Waals surface area contributed by atoms with Crippen LogP contribution in [0.5, 0.6) is 0 Å². The Labute approximate surface area is 70.8 Å². The summed E-state index contributed by atoms with van der Waals surface area (Å²) in [4.78, 5) is 8.83. The molecule has 60 valence electrons. The molecule has 0 aliphatic heterocycles. The number of thiol groups is 2. The van der Waals surface area contributed by atoms with Crippen LogP contribution in [0.1, 0.15) is 13.8 Å². The van der Waals surface area contributed by atoms with E-state index in [9.17, 15) is 4.79 Å². The van der Waals surface area contributed by atoms with Gasteiger partial charge in [0.1, 0.15) is 0 Å². The van der Waals surface area contributed by atoms with Crippen molar-refractivity contribution >= 4 is 31.2 Å². The average Bonchev–Trinajstić information content (AvgIpc) is 1.62. The number of carboxylic acids is 1. The van der Waals surface area contributed by atoms with E-state index < -0.39 is 15.6 Å². The van der Waals surface area contributed by atoms with Crippen LogP contribution < -0.4 is 5.73 Å². The maximum absolute atomic E-state index is 10.4. The monoisotopic (exact) mass is 181 g/mol. The number of hydrogen-bond acceptors (Lipinski definition) is 4. The molecule has 10 heavy (non-hydrogen) atoms. The smallest absolute Gasteiger partial charge is 0.335 e. The highest BCUT2D eigenvalue weighted by molar-refractivity contribution is 7.87. The molecule has 0 aliphatic carbocycles.